The first-order valence-corrected chi connectivity index (χ1v) is 14.8. The van der Waals surface area contributed by atoms with Crippen LogP contribution in [0.5, 0.6) is 0 Å². The minimum Gasteiger partial charge on any atom is -0.360 e. The third-order valence-corrected chi connectivity index (χ3v) is 8.38. The molecule has 0 aliphatic carbocycles. The Bertz CT molecular complexity index is 1730. The maximum absolute atomic E-state index is 3.59. The van der Waals surface area contributed by atoms with Gasteiger partial charge in [-0.2, -0.15) is 0 Å². The number of hydrogen-bond acceptors (Lipinski definition) is 1. The van der Waals surface area contributed by atoms with E-state index >= 15 is 0 Å². The third-order valence-electron chi connectivity index (χ3n) is 7.43. The van der Waals surface area contributed by atoms with Crippen LogP contribution >= 0.6 is 11.8 Å². The lowest BCUT2D eigenvalue weighted by Crippen LogP contribution is -1.88. The topological polar surface area (TPSA) is 15.8 Å². The number of aromatic amines is 1. The first-order valence-electron chi connectivity index (χ1n) is 13.6. The van der Waals surface area contributed by atoms with Crippen LogP contribution in [0.2, 0.25) is 0 Å². The zero-order valence-corrected chi connectivity index (χ0v) is 23.6. The normalized spacial score (nSPS) is 11.8. The summed E-state index contributed by atoms with van der Waals surface area (Å²) >= 11 is 1.80. The monoisotopic (exact) mass is 533 g/mol. The van der Waals surface area contributed by atoms with Gasteiger partial charge in [-0.25, -0.2) is 0 Å². The van der Waals surface area contributed by atoms with E-state index in [9.17, 15) is 0 Å². The van der Waals surface area contributed by atoms with Crippen LogP contribution in [0.15, 0.2) is 146 Å². The molecule has 0 aliphatic rings. The Balaban J connectivity index is 1.32. The fourth-order valence-corrected chi connectivity index (χ4v) is 6.15. The lowest BCUT2D eigenvalue weighted by atomic mass is 9.93. The van der Waals surface area contributed by atoms with E-state index in [0.29, 0.717) is 0 Å². The van der Waals surface area contributed by atoms with Crippen molar-refractivity contribution in [2.45, 2.75) is 6.92 Å². The summed E-state index contributed by atoms with van der Waals surface area (Å²) in [6.07, 6.45) is 4.29. The van der Waals surface area contributed by atoms with Gasteiger partial charge in [0.25, 0.3) is 0 Å². The molecule has 5 aromatic carbocycles. The standard InChI is InChI=1S/C38H31NS/c1-27(28-12-6-3-7-13-28)38(40-2)34-24-20-30(21-25-34)29-18-22-33(23-19-29)37-36(32-16-10-5-11-17-32)35(26-39-37)31-14-8-4-9-15-31/h3-26,39H,1-2H3/b38-27+. The van der Waals surface area contributed by atoms with Gasteiger partial charge in [-0.1, -0.05) is 140 Å². The van der Waals surface area contributed by atoms with Gasteiger partial charge < -0.3 is 4.98 Å². The molecular weight excluding hydrogens is 502 g/mol. The van der Waals surface area contributed by atoms with E-state index in [-0.39, 0.29) is 0 Å². The SMILES string of the molecule is CS/C(=C(\C)c1ccccc1)c1ccc(-c2ccc(-c3[nH]cc(-c4ccccc4)c3-c3ccccc3)cc2)cc1. The number of allylic oxidation sites excluding steroid dienone is 1. The van der Waals surface area contributed by atoms with Crippen molar-refractivity contribution < 1.29 is 0 Å². The molecule has 0 unspecified atom stereocenters. The summed E-state index contributed by atoms with van der Waals surface area (Å²) in [5, 5.41) is 0. The summed E-state index contributed by atoms with van der Waals surface area (Å²) in [5.74, 6) is 0. The van der Waals surface area contributed by atoms with Gasteiger partial charge in [-0.3, -0.25) is 0 Å². The molecule has 1 heterocycles. The van der Waals surface area contributed by atoms with Crippen LogP contribution in [0.1, 0.15) is 18.1 Å². The average Bonchev–Trinajstić information content (AvgIpc) is 3.48. The molecule has 2 heteroatoms. The van der Waals surface area contributed by atoms with Gasteiger partial charge in [0.05, 0.1) is 5.69 Å². The molecule has 0 radical (unpaired) electrons. The van der Waals surface area contributed by atoms with Gasteiger partial charge >= 0.3 is 0 Å². The van der Waals surface area contributed by atoms with Gasteiger partial charge in [-0.05, 0) is 57.7 Å². The Labute approximate surface area is 241 Å². The lowest BCUT2D eigenvalue weighted by Gasteiger charge is -2.12. The van der Waals surface area contributed by atoms with E-state index in [1.165, 1.54) is 60.5 Å². The quantitative estimate of drug-likeness (QED) is 0.202. The summed E-state index contributed by atoms with van der Waals surface area (Å²) in [7, 11) is 0. The van der Waals surface area contributed by atoms with Crippen molar-refractivity contribution in [3.63, 3.8) is 0 Å². The van der Waals surface area contributed by atoms with Crippen molar-refractivity contribution in [2.75, 3.05) is 6.26 Å². The molecule has 6 aromatic rings. The summed E-state index contributed by atoms with van der Waals surface area (Å²) in [5.41, 5.74) is 13.4. The Kier molecular flexibility index (Phi) is 7.52. The number of hydrogen-bond donors (Lipinski definition) is 1. The first-order chi connectivity index (χ1) is 19.7. The molecule has 0 saturated carbocycles. The van der Waals surface area contributed by atoms with Crippen LogP contribution < -0.4 is 0 Å². The van der Waals surface area contributed by atoms with E-state index in [4.69, 9.17) is 0 Å². The molecule has 40 heavy (non-hydrogen) atoms. The molecule has 0 saturated heterocycles. The predicted octanol–water partition coefficient (Wildman–Crippen LogP) is 10.9. The molecule has 0 spiro atoms. The third kappa shape index (κ3) is 5.19. The second-order valence-electron chi connectivity index (χ2n) is 9.86. The largest absolute Gasteiger partial charge is 0.360 e. The van der Waals surface area contributed by atoms with Crippen molar-refractivity contribution in [1.82, 2.24) is 4.98 Å². The highest BCUT2D eigenvalue weighted by Gasteiger charge is 2.16. The van der Waals surface area contributed by atoms with E-state index in [0.717, 1.165) is 5.69 Å². The highest BCUT2D eigenvalue weighted by Crippen LogP contribution is 2.40. The minimum atomic E-state index is 1.14. The van der Waals surface area contributed by atoms with Gasteiger partial charge in [0.1, 0.15) is 0 Å². The van der Waals surface area contributed by atoms with Crippen LogP contribution in [-0.4, -0.2) is 11.2 Å². The summed E-state index contributed by atoms with van der Waals surface area (Å²) in [4.78, 5) is 4.90. The Hall–Kier alpha value is -4.53. The fraction of sp³-hybridized carbons (Fsp3) is 0.0526. The van der Waals surface area contributed by atoms with Crippen LogP contribution in [0.3, 0.4) is 0 Å². The summed E-state index contributed by atoms with van der Waals surface area (Å²) in [6, 6.07) is 49.7. The van der Waals surface area contributed by atoms with Crippen molar-refractivity contribution in [3.05, 3.63) is 157 Å². The average molecular weight is 534 g/mol. The summed E-state index contributed by atoms with van der Waals surface area (Å²) in [6.45, 7) is 2.21. The van der Waals surface area contributed by atoms with Crippen LogP contribution in [0, 0.1) is 0 Å². The zero-order chi connectivity index (χ0) is 27.3. The molecule has 0 fully saturated rings. The Morgan fingerprint density at radius 1 is 0.500 bits per heavy atom. The van der Waals surface area contributed by atoms with Crippen LogP contribution in [-0.2, 0) is 0 Å². The van der Waals surface area contributed by atoms with Crippen LogP contribution in [0.4, 0.5) is 0 Å². The smallest absolute Gasteiger partial charge is 0.0540 e. The van der Waals surface area contributed by atoms with Gasteiger partial charge in [-0.15, -0.1) is 11.8 Å². The second kappa shape index (κ2) is 11.7. The Morgan fingerprint density at radius 3 is 1.57 bits per heavy atom. The van der Waals surface area contributed by atoms with Gasteiger partial charge in [0.2, 0.25) is 0 Å². The highest BCUT2D eigenvalue weighted by atomic mass is 32.2. The minimum absolute atomic E-state index is 1.14. The molecule has 194 valence electrons. The number of rotatable bonds is 7. The van der Waals surface area contributed by atoms with E-state index in [1.54, 1.807) is 11.8 Å². The molecule has 0 aliphatic heterocycles. The number of benzene rings is 5. The highest BCUT2D eigenvalue weighted by molar-refractivity contribution is 8.07. The maximum atomic E-state index is 3.59. The summed E-state index contributed by atoms with van der Waals surface area (Å²) < 4.78 is 0. The van der Waals surface area contributed by atoms with Crippen molar-refractivity contribution in [3.8, 4) is 44.6 Å². The van der Waals surface area contributed by atoms with Gasteiger partial charge in [0.15, 0.2) is 0 Å². The molecule has 0 bridgehead atoms. The molecule has 0 atom stereocenters. The zero-order valence-electron chi connectivity index (χ0n) is 22.8. The molecule has 1 aromatic heterocycles. The predicted molar refractivity (Wildman–Crippen MR) is 175 cm³/mol. The lowest BCUT2D eigenvalue weighted by molar-refractivity contribution is 1.40. The molecule has 0 amide bonds. The Morgan fingerprint density at radius 2 is 1.00 bits per heavy atom. The number of H-pyrrole nitrogens is 1. The molecule has 1 N–H and O–H groups in total. The van der Waals surface area contributed by atoms with Gasteiger partial charge in [0, 0.05) is 22.2 Å². The van der Waals surface area contributed by atoms with Crippen molar-refractivity contribution in [1.29, 1.82) is 0 Å². The van der Waals surface area contributed by atoms with Crippen LogP contribution in [0.25, 0.3) is 55.1 Å². The van der Waals surface area contributed by atoms with E-state index < -0.39 is 0 Å². The number of aromatic nitrogens is 1. The van der Waals surface area contributed by atoms with Crippen molar-refractivity contribution in [2.24, 2.45) is 0 Å². The van der Waals surface area contributed by atoms with Crippen molar-refractivity contribution >= 4 is 22.2 Å². The second-order valence-corrected chi connectivity index (χ2v) is 10.7. The molecular formula is C38H31NS. The first kappa shape index (κ1) is 25.7. The number of thioether (sulfide) groups is 1. The number of nitrogens with one attached hydrogen (secondary N) is 1. The molecule has 6 rings (SSSR count). The fourth-order valence-electron chi connectivity index (χ4n) is 5.35. The van der Waals surface area contributed by atoms with E-state index in [1.807, 2.05) is 0 Å². The van der Waals surface area contributed by atoms with E-state index in [2.05, 4.69) is 164 Å². The molecule has 1 nitrogen and oxygen atoms in total. The maximum Gasteiger partial charge on any atom is 0.0540 e.